The van der Waals surface area contributed by atoms with Crippen molar-refractivity contribution in [3.8, 4) is 0 Å². The zero-order chi connectivity index (χ0) is 16.5. The summed E-state index contributed by atoms with van der Waals surface area (Å²) in [6.07, 6.45) is -3.15. The van der Waals surface area contributed by atoms with E-state index in [-0.39, 0.29) is 23.4 Å². The minimum atomic E-state index is -4.57. The number of hydrogen-bond acceptors (Lipinski definition) is 4. The molecule has 0 spiro atoms. The number of carbonyl (C=O) groups is 1. The van der Waals surface area contributed by atoms with Crippen LogP contribution in [0.15, 0.2) is 23.8 Å². The van der Waals surface area contributed by atoms with Crippen LogP contribution in [-0.4, -0.2) is 23.4 Å². The Hall–Kier alpha value is -2.31. The number of ether oxygens (including phenoxy) is 1. The van der Waals surface area contributed by atoms with E-state index >= 15 is 0 Å². The molecule has 1 aromatic rings. The number of esters is 1. The Morgan fingerprint density at radius 2 is 2.00 bits per heavy atom. The predicted octanol–water partition coefficient (Wildman–Crippen LogP) is 3.70. The third kappa shape index (κ3) is 2.84. The second-order valence-corrected chi connectivity index (χ2v) is 4.85. The maximum Gasteiger partial charge on any atom is 0.416 e. The van der Waals surface area contributed by atoms with Gasteiger partial charge in [-0.3, -0.25) is 5.41 Å². The predicted molar refractivity (Wildman–Crippen MR) is 73.7 cm³/mol. The summed E-state index contributed by atoms with van der Waals surface area (Å²) in [7, 11) is 0. The fourth-order valence-electron chi connectivity index (χ4n) is 2.10. The summed E-state index contributed by atoms with van der Waals surface area (Å²) < 4.78 is 43.0. The molecule has 7 heteroatoms. The molecular weight excluding hydrogens is 299 g/mol. The number of halogens is 3. The Balaban J connectivity index is 2.35. The molecule has 22 heavy (non-hydrogen) atoms. The molecule has 118 valence electrons. The largest absolute Gasteiger partial charge is 0.506 e. The van der Waals surface area contributed by atoms with Crippen LogP contribution in [0.4, 0.5) is 13.2 Å². The monoisotopic (exact) mass is 313 g/mol. The van der Waals surface area contributed by atoms with Gasteiger partial charge in [-0.15, -0.1) is 0 Å². The molecule has 0 bridgehead atoms. The van der Waals surface area contributed by atoms with Crippen LogP contribution in [-0.2, 0) is 15.7 Å². The lowest BCUT2D eigenvalue weighted by atomic mass is 10.0. The number of aliphatic hydroxyl groups excluding tert-OH is 1. The number of benzene rings is 1. The molecule has 0 unspecified atom stereocenters. The molecule has 1 aliphatic rings. The van der Waals surface area contributed by atoms with E-state index in [0.717, 1.165) is 24.6 Å². The maximum absolute atomic E-state index is 12.7. The average molecular weight is 313 g/mol. The second-order valence-electron chi connectivity index (χ2n) is 4.85. The van der Waals surface area contributed by atoms with Crippen LogP contribution in [0.2, 0.25) is 0 Å². The molecule has 0 atom stereocenters. The Kier molecular flexibility index (Phi) is 4.25. The first-order valence-electron chi connectivity index (χ1n) is 6.68. The highest BCUT2D eigenvalue weighted by Gasteiger charge is 2.36. The summed E-state index contributed by atoms with van der Waals surface area (Å²) in [4.78, 5) is 11.9. The van der Waals surface area contributed by atoms with E-state index in [1.54, 1.807) is 0 Å². The summed E-state index contributed by atoms with van der Waals surface area (Å²) in [5.74, 6) is -1.55. The minimum absolute atomic E-state index is 0.0768. The molecule has 1 aliphatic carbocycles. The average Bonchev–Trinajstić information content (AvgIpc) is 2.70. The Morgan fingerprint density at radius 3 is 2.59 bits per heavy atom. The molecule has 2 rings (SSSR count). The topological polar surface area (TPSA) is 70.4 Å². The lowest BCUT2D eigenvalue weighted by Gasteiger charge is -2.08. The van der Waals surface area contributed by atoms with Gasteiger partial charge in [-0.1, -0.05) is 19.4 Å². The number of fused-ring (bicyclic) bond motifs is 1. The molecule has 0 aromatic heterocycles. The first-order chi connectivity index (χ1) is 10.3. The molecule has 1 aromatic carbocycles. The van der Waals surface area contributed by atoms with Crippen LogP contribution >= 0.6 is 0 Å². The number of nitrogens with one attached hydrogen (secondary N) is 1. The standard InChI is InChI=1S/C15H14F3NO3/c1-2-3-6-22-14(21)11-12(19)9-5-4-8(15(16,17)18)7-10(9)13(11)20/h4-5,7,19-20H,2-3,6H2,1H3. The molecular formula is C15H14F3NO3. The number of unbranched alkanes of at least 4 members (excludes halogenated alkanes) is 1. The van der Waals surface area contributed by atoms with Gasteiger partial charge in [0.1, 0.15) is 11.3 Å². The van der Waals surface area contributed by atoms with E-state index in [4.69, 9.17) is 10.1 Å². The van der Waals surface area contributed by atoms with E-state index in [1.807, 2.05) is 6.92 Å². The summed E-state index contributed by atoms with van der Waals surface area (Å²) in [6, 6.07) is 2.61. The number of rotatable bonds is 4. The van der Waals surface area contributed by atoms with Gasteiger partial charge >= 0.3 is 12.1 Å². The quantitative estimate of drug-likeness (QED) is 0.658. The molecule has 4 nitrogen and oxygen atoms in total. The van der Waals surface area contributed by atoms with Gasteiger partial charge in [0.25, 0.3) is 0 Å². The van der Waals surface area contributed by atoms with Gasteiger partial charge in [0.2, 0.25) is 0 Å². The van der Waals surface area contributed by atoms with Crippen LogP contribution in [0.25, 0.3) is 5.76 Å². The third-order valence-electron chi connectivity index (χ3n) is 3.29. The summed E-state index contributed by atoms with van der Waals surface area (Å²) in [6.45, 7) is 2.03. The van der Waals surface area contributed by atoms with Crippen molar-refractivity contribution in [2.45, 2.75) is 25.9 Å². The van der Waals surface area contributed by atoms with Crippen molar-refractivity contribution in [1.29, 1.82) is 5.41 Å². The van der Waals surface area contributed by atoms with Crippen molar-refractivity contribution >= 4 is 17.4 Å². The van der Waals surface area contributed by atoms with E-state index in [2.05, 4.69) is 0 Å². The van der Waals surface area contributed by atoms with Gasteiger partial charge in [-0.25, -0.2) is 4.79 Å². The molecule has 0 fully saturated rings. The van der Waals surface area contributed by atoms with Gasteiger partial charge in [0, 0.05) is 11.1 Å². The zero-order valence-electron chi connectivity index (χ0n) is 11.8. The fraction of sp³-hybridized carbons (Fsp3) is 0.333. The van der Waals surface area contributed by atoms with Crippen LogP contribution in [0, 0.1) is 5.41 Å². The van der Waals surface area contributed by atoms with Gasteiger partial charge < -0.3 is 9.84 Å². The number of alkyl halides is 3. The van der Waals surface area contributed by atoms with E-state index in [9.17, 15) is 23.1 Å². The number of aliphatic hydroxyl groups is 1. The highest BCUT2D eigenvalue weighted by atomic mass is 19.4. The van der Waals surface area contributed by atoms with E-state index < -0.39 is 29.0 Å². The fourth-order valence-corrected chi connectivity index (χ4v) is 2.10. The first-order valence-corrected chi connectivity index (χ1v) is 6.68. The van der Waals surface area contributed by atoms with Gasteiger partial charge in [-0.05, 0) is 18.6 Å². The third-order valence-corrected chi connectivity index (χ3v) is 3.29. The van der Waals surface area contributed by atoms with Crippen molar-refractivity contribution in [3.05, 3.63) is 40.5 Å². The first kappa shape index (κ1) is 16.1. The molecule has 0 heterocycles. The van der Waals surface area contributed by atoms with E-state index in [0.29, 0.717) is 6.42 Å². The van der Waals surface area contributed by atoms with Gasteiger partial charge in [-0.2, -0.15) is 13.2 Å². The van der Waals surface area contributed by atoms with Crippen molar-refractivity contribution in [3.63, 3.8) is 0 Å². The SMILES string of the molecule is CCCCOC(=O)C1=C(O)c2cc(C(F)(F)F)ccc2C1=N. The highest BCUT2D eigenvalue weighted by molar-refractivity contribution is 6.33. The Labute approximate surface area is 124 Å². The normalized spacial score (nSPS) is 14.3. The second kappa shape index (κ2) is 5.82. The van der Waals surface area contributed by atoms with Gasteiger partial charge in [0.05, 0.1) is 17.9 Å². The van der Waals surface area contributed by atoms with Crippen LogP contribution in [0.5, 0.6) is 0 Å². The Morgan fingerprint density at radius 1 is 1.32 bits per heavy atom. The van der Waals surface area contributed by atoms with Crippen molar-refractivity contribution in [2.75, 3.05) is 6.61 Å². The summed E-state index contributed by atoms with van der Waals surface area (Å²) >= 11 is 0. The maximum atomic E-state index is 12.7. The lowest BCUT2D eigenvalue weighted by Crippen LogP contribution is -2.14. The van der Waals surface area contributed by atoms with Crippen molar-refractivity contribution in [1.82, 2.24) is 0 Å². The van der Waals surface area contributed by atoms with Crippen molar-refractivity contribution in [2.24, 2.45) is 0 Å². The number of hydrogen-bond donors (Lipinski definition) is 2. The Bertz CT molecular complexity index is 662. The molecule has 0 aliphatic heterocycles. The minimum Gasteiger partial charge on any atom is -0.506 e. The lowest BCUT2D eigenvalue weighted by molar-refractivity contribution is -0.139. The summed E-state index contributed by atoms with van der Waals surface area (Å²) in [5, 5.41) is 17.9. The molecule has 2 N–H and O–H groups in total. The summed E-state index contributed by atoms with van der Waals surface area (Å²) in [5.41, 5.74) is -1.78. The van der Waals surface area contributed by atoms with Crippen molar-refractivity contribution < 1.29 is 27.8 Å². The molecule has 0 amide bonds. The van der Waals surface area contributed by atoms with Gasteiger partial charge in [0.15, 0.2) is 0 Å². The highest BCUT2D eigenvalue weighted by Crippen LogP contribution is 2.37. The van der Waals surface area contributed by atoms with Crippen LogP contribution in [0.3, 0.4) is 0 Å². The molecule has 0 radical (unpaired) electrons. The molecule has 0 saturated carbocycles. The smallest absolute Gasteiger partial charge is 0.416 e. The molecule has 0 saturated heterocycles. The zero-order valence-corrected chi connectivity index (χ0v) is 11.8. The number of carbonyl (C=O) groups excluding carboxylic acids is 1. The van der Waals surface area contributed by atoms with E-state index in [1.165, 1.54) is 0 Å². The van der Waals surface area contributed by atoms with Crippen LogP contribution in [0.1, 0.15) is 36.5 Å². The van der Waals surface area contributed by atoms with Crippen LogP contribution < -0.4 is 0 Å².